The van der Waals surface area contributed by atoms with Crippen molar-refractivity contribution in [3.8, 4) is 5.75 Å². The van der Waals surface area contributed by atoms with Gasteiger partial charge >= 0.3 is 0 Å². The van der Waals surface area contributed by atoms with E-state index in [0.717, 1.165) is 0 Å². The first-order valence-electron chi connectivity index (χ1n) is 5.83. The van der Waals surface area contributed by atoms with E-state index in [0.29, 0.717) is 11.6 Å². The zero-order valence-electron chi connectivity index (χ0n) is 10.8. The Labute approximate surface area is 122 Å². The standard InChI is InChI=1S/C12H14ClN3O3S/c1-19-11-4-3-10(13)9-12(11)20(17,18)15-6-8-16-7-2-5-14-16/h2-5,7,9,15H,6,8H2,1H3. The average Bonchev–Trinajstić information content (AvgIpc) is 2.91. The molecule has 1 aromatic carbocycles. The van der Waals surface area contributed by atoms with E-state index in [2.05, 4.69) is 9.82 Å². The molecule has 0 aliphatic heterocycles. The summed E-state index contributed by atoms with van der Waals surface area (Å²) in [7, 11) is -2.27. The van der Waals surface area contributed by atoms with Gasteiger partial charge in [0.15, 0.2) is 0 Å². The quantitative estimate of drug-likeness (QED) is 0.877. The average molecular weight is 316 g/mol. The van der Waals surface area contributed by atoms with Gasteiger partial charge in [0.1, 0.15) is 10.6 Å². The summed E-state index contributed by atoms with van der Waals surface area (Å²) in [5.41, 5.74) is 0. The molecule has 20 heavy (non-hydrogen) atoms. The number of sulfonamides is 1. The van der Waals surface area contributed by atoms with Crippen LogP contribution in [0.2, 0.25) is 5.02 Å². The van der Waals surface area contributed by atoms with Crippen molar-refractivity contribution < 1.29 is 13.2 Å². The molecule has 0 saturated carbocycles. The first kappa shape index (κ1) is 14.8. The summed E-state index contributed by atoms with van der Waals surface area (Å²) < 4.78 is 33.6. The predicted octanol–water partition coefficient (Wildman–Crippen LogP) is 1.52. The largest absolute Gasteiger partial charge is 0.495 e. The highest BCUT2D eigenvalue weighted by Crippen LogP contribution is 2.26. The Morgan fingerprint density at radius 3 is 2.90 bits per heavy atom. The Balaban J connectivity index is 2.11. The lowest BCUT2D eigenvalue weighted by Gasteiger charge is -2.11. The van der Waals surface area contributed by atoms with Crippen LogP contribution in [0, 0.1) is 0 Å². The maximum Gasteiger partial charge on any atom is 0.244 e. The summed E-state index contributed by atoms with van der Waals surface area (Å²) in [5.74, 6) is 0.251. The third-order valence-electron chi connectivity index (χ3n) is 2.61. The van der Waals surface area contributed by atoms with E-state index >= 15 is 0 Å². The SMILES string of the molecule is COc1ccc(Cl)cc1S(=O)(=O)NCCn1cccn1. The van der Waals surface area contributed by atoms with Gasteiger partial charge in [0.2, 0.25) is 10.0 Å². The molecule has 1 N–H and O–H groups in total. The van der Waals surface area contributed by atoms with E-state index in [1.165, 1.54) is 19.2 Å². The molecule has 0 radical (unpaired) electrons. The number of ether oxygens (including phenoxy) is 1. The second kappa shape index (κ2) is 6.25. The van der Waals surface area contributed by atoms with Crippen LogP contribution in [0.5, 0.6) is 5.75 Å². The van der Waals surface area contributed by atoms with Gasteiger partial charge in [0.25, 0.3) is 0 Å². The van der Waals surface area contributed by atoms with Crippen LogP contribution in [0.25, 0.3) is 0 Å². The number of aromatic nitrogens is 2. The topological polar surface area (TPSA) is 73.2 Å². The molecule has 2 rings (SSSR count). The number of halogens is 1. The molecule has 0 atom stereocenters. The van der Waals surface area contributed by atoms with Gasteiger partial charge in [0.05, 0.1) is 13.7 Å². The monoisotopic (exact) mass is 315 g/mol. The lowest BCUT2D eigenvalue weighted by molar-refractivity contribution is 0.402. The van der Waals surface area contributed by atoms with E-state index in [-0.39, 0.29) is 17.2 Å². The number of hydrogen-bond acceptors (Lipinski definition) is 4. The molecule has 108 valence electrons. The first-order valence-corrected chi connectivity index (χ1v) is 7.69. The molecule has 8 heteroatoms. The van der Waals surface area contributed by atoms with Crippen LogP contribution >= 0.6 is 11.6 Å². The van der Waals surface area contributed by atoms with Crippen molar-refractivity contribution >= 4 is 21.6 Å². The van der Waals surface area contributed by atoms with Crippen molar-refractivity contribution in [2.24, 2.45) is 0 Å². The Bertz CT molecular complexity index is 671. The maximum atomic E-state index is 12.2. The van der Waals surface area contributed by atoms with Crippen molar-refractivity contribution in [3.05, 3.63) is 41.7 Å². The smallest absolute Gasteiger partial charge is 0.244 e. The van der Waals surface area contributed by atoms with Gasteiger partial charge in [-0.2, -0.15) is 5.10 Å². The normalized spacial score (nSPS) is 11.5. The lowest BCUT2D eigenvalue weighted by atomic mass is 10.3. The van der Waals surface area contributed by atoms with Crippen molar-refractivity contribution in [1.29, 1.82) is 0 Å². The number of nitrogens with zero attached hydrogens (tertiary/aromatic N) is 2. The molecule has 6 nitrogen and oxygen atoms in total. The van der Waals surface area contributed by atoms with Crippen molar-refractivity contribution in [2.75, 3.05) is 13.7 Å². The molecule has 1 heterocycles. The van der Waals surface area contributed by atoms with E-state index in [4.69, 9.17) is 16.3 Å². The second-order valence-corrected chi connectivity index (χ2v) is 6.13. The summed E-state index contributed by atoms with van der Waals surface area (Å²) in [6.45, 7) is 0.662. The summed E-state index contributed by atoms with van der Waals surface area (Å²) >= 11 is 5.83. The lowest BCUT2D eigenvalue weighted by Crippen LogP contribution is -2.28. The van der Waals surface area contributed by atoms with E-state index < -0.39 is 10.0 Å². The van der Waals surface area contributed by atoms with Crippen LogP contribution in [-0.2, 0) is 16.6 Å². The highest BCUT2D eigenvalue weighted by molar-refractivity contribution is 7.89. The maximum absolute atomic E-state index is 12.2. The fourth-order valence-corrected chi connectivity index (χ4v) is 3.12. The van der Waals surface area contributed by atoms with Gasteiger partial charge in [-0.1, -0.05) is 11.6 Å². The Hall–Kier alpha value is -1.57. The minimum absolute atomic E-state index is 0.0213. The minimum atomic E-state index is -3.68. The van der Waals surface area contributed by atoms with Crippen molar-refractivity contribution in [2.45, 2.75) is 11.4 Å². The van der Waals surface area contributed by atoms with Crippen molar-refractivity contribution in [1.82, 2.24) is 14.5 Å². The molecule has 0 unspecified atom stereocenters. The van der Waals surface area contributed by atoms with Crippen LogP contribution in [0.4, 0.5) is 0 Å². The fraction of sp³-hybridized carbons (Fsp3) is 0.250. The molecule has 0 fully saturated rings. The molecular formula is C12H14ClN3O3S. The van der Waals surface area contributed by atoms with Gasteiger partial charge in [-0.05, 0) is 24.3 Å². The fourth-order valence-electron chi connectivity index (χ4n) is 1.67. The number of nitrogens with one attached hydrogen (secondary N) is 1. The Morgan fingerprint density at radius 2 is 2.25 bits per heavy atom. The van der Waals surface area contributed by atoms with E-state index in [1.54, 1.807) is 29.2 Å². The van der Waals surface area contributed by atoms with E-state index in [1.807, 2.05) is 0 Å². The molecule has 0 spiro atoms. The first-order chi connectivity index (χ1) is 9.53. The summed E-state index contributed by atoms with van der Waals surface area (Å²) in [6.07, 6.45) is 3.39. The van der Waals surface area contributed by atoms with Crippen LogP contribution < -0.4 is 9.46 Å². The number of rotatable bonds is 6. The van der Waals surface area contributed by atoms with Crippen LogP contribution in [0.3, 0.4) is 0 Å². The molecular weight excluding hydrogens is 302 g/mol. The summed E-state index contributed by atoms with van der Waals surface area (Å²) in [4.78, 5) is 0.0213. The highest BCUT2D eigenvalue weighted by atomic mass is 35.5. The van der Waals surface area contributed by atoms with Gasteiger partial charge in [-0.15, -0.1) is 0 Å². The zero-order valence-corrected chi connectivity index (χ0v) is 12.4. The predicted molar refractivity (Wildman–Crippen MR) is 75.4 cm³/mol. The zero-order chi connectivity index (χ0) is 14.6. The highest BCUT2D eigenvalue weighted by Gasteiger charge is 2.19. The second-order valence-electron chi connectivity index (χ2n) is 3.96. The number of hydrogen-bond donors (Lipinski definition) is 1. The summed E-state index contributed by atoms with van der Waals surface area (Å²) in [6, 6.07) is 6.22. The molecule has 0 aliphatic rings. The Kier molecular flexibility index (Phi) is 4.64. The van der Waals surface area contributed by atoms with Crippen LogP contribution in [0.15, 0.2) is 41.6 Å². The van der Waals surface area contributed by atoms with Gasteiger partial charge in [-0.3, -0.25) is 4.68 Å². The summed E-state index contributed by atoms with van der Waals surface area (Å²) in [5, 5.41) is 4.32. The molecule has 1 aromatic heterocycles. The Morgan fingerprint density at radius 1 is 1.45 bits per heavy atom. The third kappa shape index (κ3) is 3.50. The molecule has 2 aromatic rings. The van der Waals surface area contributed by atoms with Gasteiger partial charge < -0.3 is 4.74 Å². The van der Waals surface area contributed by atoms with Crippen LogP contribution in [0.1, 0.15) is 0 Å². The molecule has 0 bridgehead atoms. The van der Waals surface area contributed by atoms with Gasteiger partial charge in [-0.25, -0.2) is 13.1 Å². The van der Waals surface area contributed by atoms with E-state index in [9.17, 15) is 8.42 Å². The van der Waals surface area contributed by atoms with Crippen molar-refractivity contribution in [3.63, 3.8) is 0 Å². The number of methoxy groups -OCH3 is 1. The third-order valence-corrected chi connectivity index (χ3v) is 4.32. The van der Waals surface area contributed by atoms with Gasteiger partial charge in [0, 0.05) is 24.0 Å². The molecule has 0 saturated heterocycles. The molecule has 0 aliphatic carbocycles. The minimum Gasteiger partial charge on any atom is -0.495 e. The van der Waals surface area contributed by atoms with Crippen LogP contribution in [-0.4, -0.2) is 31.9 Å². The number of benzene rings is 1. The molecule has 0 amide bonds.